The topological polar surface area (TPSA) is 104 Å². The van der Waals surface area contributed by atoms with Gasteiger partial charge in [-0.15, -0.1) is 0 Å². The molecule has 162 valence electrons. The number of benzene rings is 1. The molecule has 0 aromatic heterocycles. The average molecular weight is 428 g/mol. The minimum Gasteiger partial charge on any atom is -0.354 e. The van der Waals surface area contributed by atoms with Gasteiger partial charge in [0.05, 0.1) is 0 Å². The van der Waals surface area contributed by atoms with Crippen LogP contribution in [0.25, 0.3) is 0 Å². The molecule has 7 nitrogen and oxygen atoms in total. The molecule has 3 N–H and O–H groups in total. The van der Waals surface area contributed by atoms with Gasteiger partial charge in [0.2, 0.25) is 21.8 Å². The summed E-state index contributed by atoms with van der Waals surface area (Å²) in [7, 11) is -4.19. The third kappa shape index (κ3) is 6.78. The van der Waals surface area contributed by atoms with Crippen molar-refractivity contribution in [2.75, 3.05) is 13.1 Å². The van der Waals surface area contributed by atoms with Crippen molar-refractivity contribution >= 4 is 21.8 Å². The molecule has 1 fully saturated rings. The van der Waals surface area contributed by atoms with Crippen molar-refractivity contribution in [3.63, 3.8) is 0 Å². The van der Waals surface area contributed by atoms with Crippen molar-refractivity contribution in [2.45, 2.75) is 56.9 Å². The largest absolute Gasteiger partial charge is 0.354 e. The number of rotatable bonds is 9. The molecule has 9 heteroatoms. The summed E-state index contributed by atoms with van der Waals surface area (Å²) < 4.78 is 41.1. The van der Waals surface area contributed by atoms with Gasteiger partial charge < -0.3 is 10.6 Å². The van der Waals surface area contributed by atoms with Crippen LogP contribution in [-0.4, -0.2) is 39.4 Å². The van der Waals surface area contributed by atoms with Crippen LogP contribution in [0.4, 0.5) is 4.39 Å². The summed E-state index contributed by atoms with van der Waals surface area (Å²) in [5, 5.41) is 5.45. The number of carbonyl (C=O) groups is 2. The molecular weight excluding hydrogens is 397 g/mol. The van der Waals surface area contributed by atoms with Crippen LogP contribution in [0.2, 0.25) is 0 Å². The maximum absolute atomic E-state index is 13.9. The quantitative estimate of drug-likeness (QED) is 0.524. The zero-order valence-corrected chi connectivity index (χ0v) is 17.7. The molecule has 0 bridgehead atoms. The van der Waals surface area contributed by atoms with E-state index in [1.54, 1.807) is 13.8 Å². The molecular formula is C20H30FN3O4S. The van der Waals surface area contributed by atoms with E-state index in [1.165, 1.54) is 18.6 Å². The molecule has 2 amide bonds. The molecule has 1 aromatic rings. The number of carbonyl (C=O) groups excluding carboxylic acids is 2. The van der Waals surface area contributed by atoms with Crippen molar-refractivity contribution in [3.05, 3.63) is 30.1 Å². The van der Waals surface area contributed by atoms with E-state index in [0.29, 0.717) is 0 Å². The van der Waals surface area contributed by atoms with Gasteiger partial charge in [-0.1, -0.05) is 45.2 Å². The van der Waals surface area contributed by atoms with Crippen LogP contribution in [0.1, 0.15) is 46.0 Å². The molecule has 0 saturated heterocycles. The van der Waals surface area contributed by atoms with Gasteiger partial charge in [-0.25, -0.2) is 12.8 Å². The Bertz CT molecular complexity index is 808. The lowest BCUT2D eigenvalue weighted by Gasteiger charge is -2.22. The van der Waals surface area contributed by atoms with Gasteiger partial charge in [-0.05, 0) is 30.9 Å². The Balaban J connectivity index is 1.87. The molecule has 2 rings (SSSR count). The Kier molecular flexibility index (Phi) is 8.58. The number of amides is 2. The van der Waals surface area contributed by atoms with E-state index >= 15 is 0 Å². The predicted molar refractivity (Wildman–Crippen MR) is 108 cm³/mol. The minimum absolute atomic E-state index is 0.000357. The lowest BCUT2D eigenvalue weighted by molar-refractivity contribution is -0.126. The monoisotopic (exact) mass is 427 g/mol. The maximum Gasteiger partial charge on any atom is 0.244 e. The highest BCUT2D eigenvalue weighted by molar-refractivity contribution is 7.89. The Morgan fingerprint density at radius 2 is 1.69 bits per heavy atom. The summed E-state index contributed by atoms with van der Waals surface area (Å²) in [4.78, 5) is 24.1. The highest BCUT2D eigenvalue weighted by Gasteiger charge is 2.29. The van der Waals surface area contributed by atoms with Crippen molar-refractivity contribution in [2.24, 2.45) is 11.8 Å². The van der Waals surface area contributed by atoms with E-state index < -0.39 is 32.7 Å². The average Bonchev–Trinajstić information content (AvgIpc) is 2.69. The van der Waals surface area contributed by atoms with Crippen LogP contribution >= 0.6 is 0 Å². The van der Waals surface area contributed by atoms with Gasteiger partial charge in [-0.3, -0.25) is 9.59 Å². The summed E-state index contributed by atoms with van der Waals surface area (Å²) in [6.45, 7) is 3.84. The standard InChI is InChI=1S/C20H30FN3O4S/c1-14(2)18(24-29(27,28)17-11-7-6-10-16(17)21)20(26)23-13-12-22-19(25)15-8-4-3-5-9-15/h6-7,10-11,14-15,18,24H,3-5,8-9,12-13H2,1-2H3,(H,22,25)(H,23,26)/t18-/m0/s1. The van der Waals surface area contributed by atoms with Gasteiger partial charge in [0.1, 0.15) is 16.8 Å². The van der Waals surface area contributed by atoms with Gasteiger partial charge in [0.15, 0.2) is 0 Å². The second-order valence-electron chi connectivity index (χ2n) is 7.69. The van der Waals surface area contributed by atoms with Gasteiger partial charge in [-0.2, -0.15) is 4.72 Å². The SMILES string of the molecule is CC(C)[C@H](NS(=O)(=O)c1ccccc1F)C(=O)NCCNC(=O)C1CCCCC1. The summed E-state index contributed by atoms with van der Waals surface area (Å²) in [5.41, 5.74) is 0. The lowest BCUT2D eigenvalue weighted by Crippen LogP contribution is -2.51. The van der Waals surface area contributed by atoms with Gasteiger partial charge in [0.25, 0.3) is 0 Å². The van der Waals surface area contributed by atoms with Crippen LogP contribution in [0, 0.1) is 17.7 Å². The molecule has 0 heterocycles. The molecule has 0 radical (unpaired) electrons. The fourth-order valence-corrected chi connectivity index (χ4v) is 4.80. The molecule has 0 unspecified atom stereocenters. The number of hydrogen-bond acceptors (Lipinski definition) is 4. The van der Waals surface area contributed by atoms with E-state index in [9.17, 15) is 22.4 Å². The third-order valence-electron chi connectivity index (χ3n) is 5.06. The molecule has 1 aliphatic carbocycles. The minimum atomic E-state index is -4.19. The number of halogens is 1. The summed E-state index contributed by atoms with van der Waals surface area (Å²) in [6, 6.07) is 3.94. The van der Waals surface area contributed by atoms with Crippen LogP contribution in [0.3, 0.4) is 0 Å². The van der Waals surface area contributed by atoms with Gasteiger partial charge in [0, 0.05) is 19.0 Å². The van der Waals surface area contributed by atoms with Gasteiger partial charge >= 0.3 is 0 Å². The first kappa shape index (κ1) is 23.3. The van der Waals surface area contributed by atoms with E-state index in [2.05, 4.69) is 15.4 Å². The zero-order valence-electron chi connectivity index (χ0n) is 16.9. The Morgan fingerprint density at radius 3 is 2.31 bits per heavy atom. The van der Waals surface area contributed by atoms with E-state index in [-0.39, 0.29) is 30.8 Å². The van der Waals surface area contributed by atoms with E-state index in [1.807, 2.05) is 0 Å². The molecule has 1 aliphatic rings. The number of sulfonamides is 1. The highest BCUT2D eigenvalue weighted by Crippen LogP contribution is 2.23. The number of hydrogen-bond donors (Lipinski definition) is 3. The Labute approximate surface area is 171 Å². The lowest BCUT2D eigenvalue weighted by atomic mass is 9.89. The summed E-state index contributed by atoms with van der Waals surface area (Å²) >= 11 is 0. The van der Waals surface area contributed by atoms with Crippen LogP contribution in [-0.2, 0) is 19.6 Å². The number of nitrogens with one attached hydrogen (secondary N) is 3. The second-order valence-corrected chi connectivity index (χ2v) is 9.37. The predicted octanol–water partition coefficient (Wildman–Crippen LogP) is 1.94. The second kappa shape index (κ2) is 10.7. The van der Waals surface area contributed by atoms with E-state index in [4.69, 9.17) is 0 Å². The molecule has 1 saturated carbocycles. The van der Waals surface area contributed by atoms with Crippen LogP contribution < -0.4 is 15.4 Å². The first-order valence-electron chi connectivity index (χ1n) is 10.0. The third-order valence-corrected chi connectivity index (χ3v) is 6.53. The van der Waals surface area contributed by atoms with Crippen molar-refractivity contribution in [3.8, 4) is 0 Å². The molecule has 1 aromatic carbocycles. The first-order chi connectivity index (χ1) is 13.7. The highest BCUT2D eigenvalue weighted by atomic mass is 32.2. The van der Waals surface area contributed by atoms with E-state index in [0.717, 1.165) is 37.8 Å². The van der Waals surface area contributed by atoms with Crippen LogP contribution in [0.15, 0.2) is 29.2 Å². The van der Waals surface area contributed by atoms with Crippen molar-refractivity contribution in [1.29, 1.82) is 0 Å². The van der Waals surface area contributed by atoms with Crippen molar-refractivity contribution < 1.29 is 22.4 Å². The van der Waals surface area contributed by atoms with Crippen molar-refractivity contribution in [1.82, 2.24) is 15.4 Å². The summed E-state index contributed by atoms with van der Waals surface area (Å²) in [5.74, 6) is -1.72. The maximum atomic E-state index is 13.9. The smallest absolute Gasteiger partial charge is 0.244 e. The first-order valence-corrected chi connectivity index (χ1v) is 11.5. The Hall–Kier alpha value is -2.00. The fraction of sp³-hybridized carbons (Fsp3) is 0.600. The normalized spacial score (nSPS) is 16.4. The fourth-order valence-electron chi connectivity index (χ4n) is 3.38. The molecule has 1 atom stereocenters. The Morgan fingerprint density at radius 1 is 1.07 bits per heavy atom. The molecule has 0 aliphatic heterocycles. The summed E-state index contributed by atoms with van der Waals surface area (Å²) in [6.07, 6.45) is 5.08. The molecule has 29 heavy (non-hydrogen) atoms. The molecule has 0 spiro atoms. The van der Waals surface area contributed by atoms with Crippen LogP contribution in [0.5, 0.6) is 0 Å². The zero-order chi connectivity index (χ0) is 21.4.